The summed E-state index contributed by atoms with van der Waals surface area (Å²) in [5.41, 5.74) is 4.92. The maximum absolute atomic E-state index is 14.5. The van der Waals surface area contributed by atoms with Crippen LogP contribution in [0.1, 0.15) is 41.0 Å². The van der Waals surface area contributed by atoms with Gasteiger partial charge in [-0.3, -0.25) is 0 Å². The standard InChI is InChI=1S/C27H29FN4O3/c1-5-18-12-19(13-23(35-6-2)25(18)27(33)34)22-14-24(31-15-30-22)29-9-10-32-17(4)11-20-16(3)7-8-21(28)26(20)32/h7-8,11-15H,5-6,9-10H2,1-4H3,(H,33,34)(H,29,30,31). The Hall–Kier alpha value is -3.94. The molecular weight excluding hydrogens is 447 g/mol. The van der Waals surface area contributed by atoms with Crippen LogP contribution in [0.3, 0.4) is 0 Å². The highest BCUT2D eigenvalue weighted by Crippen LogP contribution is 2.31. The van der Waals surface area contributed by atoms with Crippen molar-refractivity contribution >= 4 is 22.7 Å². The number of benzene rings is 2. The molecule has 0 spiro atoms. The number of aromatic carboxylic acids is 1. The van der Waals surface area contributed by atoms with Crippen molar-refractivity contribution in [3.8, 4) is 17.0 Å². The Morgan fingerprint density at radius 1 is 1.14 bits per heavy atom. The number of rotatable bonds is 9. The fraction of sp³-hybridized carbons (Fsp3) is 0.296. The lowest BCUT2D eigenvalue weighted by Gasteiger charge is -2.14. The van der Waals surface area contributed by atoms with Gasteiger partial charge in [0.1, 0.15) is 29.3 Å². The number of hydrogen-bond acceptors (Lipinski definition) is 5. The van der Waals surface area contributed by atoms with Gasteiger partial charge in [-0.25, -0.2) is 19.2 Å². The molecule has 2 heterocycles. The topological polar surface area (TPSA) is 89.3 Å². The molecule has 2 N–H and O–H groups in total. The number of carboxylic acid groups (broad SMARTS) is 1. The summed E-state index contributed by atoms with van der Waals surface area (Å²) < 4.78 is 22.2. The summed E-state index contributed by atoms with van der Waals surface area (Å²) in [7, 11) is 0. The van der Waals surface area contributed by atoms with E-state index in [0.717, 1.165) is 22.2 Å². The molecule has 0 aliphatic carbocycles. The second-order valence-electron chi connectivity index (χ2n) is 8.38. The molecule has 182 valence electrons. The van der Waals surface area contributed by atoms with Gasteiger partial charge in [-0.05, 0) is 62.6 Å². The van der Waals surface area contributed by atoms with E-state index in [1.807, 2.05) is 50.5 Å². The number of carbonyl (C=O) groups is 1. The molecule has 4 aromatic rings. The van der Waals surface area contributed by atoms with Gasteiger partial charge in [0.2, 0.25) is 0 Å². The third kappa shape index (κ3) is 4.82. The first-order valence-electron chi connectivity index (χ1n) is 11.7. The molecule has 35 heavy (non-hydrogen) atoms. The highest BCUT2D eigenvalue weighted by atomic mass is 19.1. The Bertz CT molecular complexity index is 1400. The number of aromatic nitrogens is 3. The van der Waals surface area contributed by atoms with Gasteiger partial charge in [0.05, 0.1) is 17.8 Å². The number of fused-ring (bicyclic) bond motifs is 1. The first-order valence-corrected chi connectivity index (χ1v) is 11.7. The van der Waals surface area contributed by atoms with Gasteiger partial charge >= 0.3 is 5.97 Å². The molecule has 2 aromatic heterocycles. The predicted molar refractivity (Wildman–Crippen MR) is 135 cm³/mol. The van der Waals surface area contributed by atoms with E-state index >= 15 is 0 Å². The van der Waals surface area contributed by atoms with Crippen LogP contribution >= 0.6 is 0 Å². The molecule has 4 rings (SSSR count). The zero-order valence-electron chi connectivity index (χ0n) is 20.4. The second-order valence-corrected chi connectivity index (χ2v) is 8.38. The highest BCUT2D eigenvalue weighted by Gasteiger charge is 2.19. The third-order valence-electron chi connectivity index (χ3n) is 6.12. The van der Waals surface area contributed by atoms with E-state index in [-0.39, 0.29) is 11.4 Å². The summed E-state index contributed by atoms with van der Waals surface area (Å²) in [6.45, 7) is 9.15. The predicted octanol–water partition coefficient (Wildman–Crippen LogP) is 5.63. The largest absolute Gasteiger partial charge is 0.493 e. The summed E-state index contributed by atoms with van der Waals surface area (Å²) >= 11 is 0. The molecular formula is C27H29FN4O3. The molecule has 0 aliphatic rings. The second kappa shape index (κ2) is 10.1. The van der Waals surface area contributed by atoms with Crippen LogP contribution in [0.2, 0.25) is 0 Å². The molecule has 0 fully saturated rings. The quantitative estimate of drug-likeness (QED) is 0.326. The van der Waals surface area contributed by atoms with Crippen molar-refractivity contribution in [2.24, 2.45) is 0 Å². The van der Waals surface area contributed by atoms with E-state index < -0.39 is 5.97 Å². The fourth-order valence-corrected chi connectivity index (χ4v) is 4.41. The smallest absolute Gasteiger partial charge is 0.339 e. The Kier molecular flexibility index (Phi) is 7.00. The minimum atomic E-state index is -1.01. The van der Waals surface area contributed by atoms with Crippen molar-refractivity contribution in [1.29, 1.82) is 0 Å². The van der Waals surface area contributed by atoms with E-state index in [1.165, 1.54) is 12.4 Å². The van der Waals surface area contributed by atoms with E-state index in [4.69, 9.17) is 4.74 Å². The average molecular weight is 477 g/mol. The Morgan fingerprint density at radius 2 is 1.94 bits per heavy atom. The number of nitrogens with zero attached hydrogens (tertiary/aromatic N) is 3. The molecule has 0 atom stereocenters. The van der Waals surface area contributed by atoms with Crippen molar-refractivity contribution in [3.05, 3.63) is 70.9 Å². The summed E-state index contributed by atoms with van der Waals surface area (Å²) in [6.07, 6.45) is 2.01. The third-order valence-corrected chi connectivity index (χ3v) is 6.12. The number of ether oxygens (including phenoxy) is 1. The Morgan fingerprint density at radius 3 is 2.66 bits per heavy atom. The van der Waals surface area contributed by atoms with Crippen molar-refractivity contribution in [2.75, 3.05) is 18.5 Å². The normalized spacial score (nSPS) is 11.1. The molecule has 0 bridgehead atoms. The summed E-state index contributed by atoms with van der Waals surface area (Å²) in [5, 5.41) is 13.9. The zero-order valence-corrected chi connectivity index (χ0v) is 20.4. The minimum absolute atomic E-state index is 0.183. The molecule has 0 amide bonds. The van der Waals surface area contributed by atoms with E-state index in [2.05, 4.69) is 15.3 Å². The van der Waals surface area contributed by atoms with Crippen LogP contribution < -0.4 is 10.1 Å². The van der Waals surface area contributed by atoms with Crippen molar-refractivity contribution in [3.63, 3.8) is 0 Å². The molecule has 0 saturated heterocycles. The van der Waals surface area contributed by atoms with Gasteiger partial charge in [0, 0.05) is 35.8 Å². The highest BCUT2D eigenvalue weighted by molar-refractivity contribution is 5.94. The number of nitrogens with one attached hydrogen (secondary N) is 1. The number of halogens is 1. The summed E-state index contributed by atoms with van der Waals surface area (Å²) in [4.78, 5) is 20.5. The van der Waals surface area contributed by atoms with Crippen LogP contribution in [0.25, 0.3) is 22.2 Å². The van der Waals surface area contributed by atoms with Gasteiger partial charge < -0.3 is 19.7 Å². The van der Waals surface area contributed by atoms with Crippen LogP contribution in [0, 0.1) is 19.7 Å². The minimum Gasteiger partial charge on any atom is -0.493 e. The zero-order chi connectivity index (χ0) is 25.1. The lowest BCUT2D eigenvalue weighted by atomic mass is 9.99. The monoisotopic (exact) mass is 476 g/mol. The Labute approximate surface area is 203 Å². The molecule has 0 radical (unpaired) electrons. The maximum Gasteiger partial charge on any atom is 0.339 e. The van der Waals surface area contributed by atoms with Crippen molar-refractivity contribution < 1.29 is 19.0 Å². The SMILES string of the molecule is CCOc1cc(-c2cc(NCCn3c(C)cc4c(C)ccc(F)c43)ncn2)cc(CC)c1C(=O)O. The van der Waals surface area contributed by atoms with Crippen LogP contribution in [-0.4, -0.2) is 38.8 Å². The van der Waals surface area contributed by atoms with E-state index in [1.54, 1.807) is 12.1 Å². The molecule has 0 unspecified atom stereocenters. The van der Waals surface area contributed by atoms with E-state index in [9.17, 15) is 14.3 Å². The first kappa shape index (κ1) is 24.2. The molecule has 0 saturated carbocycles. The molecule has 7 nitrogen and oxygen atoms in total. The molecule has 0 aliphatic heterocycles. The summed E-state index contributed by atoms with van der Waals surface area (Å²) in [6, 6.07) is 10.7. The lowest BCUT2D eigenvalue weighted by molar-refractivity contribution is 0.0691. The summed E-state index contributed by atoms with van der Waals surface area (Å²) in [5.74, 6) is -0.292. The van der Waals surface area contributed by atoms with Crippen LogP contribution in [0.15, 0.2) is 42.7 Å². The number of hydrogen-bond donors (Lipinski definition) is 2. The van der Waals surface area contributed by atoms with E-state index in [0.29, 0.717) is 54.5 Å². The van der Waals surface area contributed by atoms with Gasteiger partial charge in [0.25, 0.3) is 0 Å². The van der Waals surface area contributed by atoms with Crippen LogP contribution in [-0.2, 0) is 13.0 Å². The Balaban J connectivity index is 1.58. The lowest BCUT2D eigenvalue weighted by Crippen LogP contribution is -2.13. The van der Waals surface area contributed by atoms with Gasteiger partial charge in [-0.15, -0.1) is 0 Å². The molecule has 8 heteroatoms. The van der Waals surface area contributed by atoms with Crippen LogP contribution in [0.4, 0.5) is 10.2 Å². The first-order chi connectivity index (χ1) is 16.8. The van der Waals surface area contributed by atoms with Gasteiger partial charge in [0.15, 0.2) is 0 Å². The van der Waals surface area contributed by atoms with Crippen molar-refractivity contribution in [2.45, 2.75) is 40.7 Å². The van der Waals surface area contributed by atoms with Gasteiger partial charge in [-0.2, -0.15) is 0 Å². The number of carboxylic acids is 1. The molecule has 2 aromatic carbocycles. The number of anilines is 1. The van der Waals surface area contributed by atoms with Gasteiger partial charge in [-0.1, -0.05) is 13.0 Å². The number of aryl methyl sites for hydroxylation is 3. The maximum atomic E-state index is 14.5. The van der Waals surface area contributed by atoms with Crippen LogP contribution in [0.5, 0.6) is 5.75 Å². The van der Waals surface area contributed by atoms with Crippen molar-refractivity contribution in [1.82, 2.24) is 14.5 Å². The fourth-order valence-electron chi connectivity index (χ4n) is 4.41. The average Bonchev–Trinajstić information content (AvgIpc) is 3.18.